The second-order valence-corrected chi connectivity index (χ2v) is 17.2. The number of allylic oxidation sites excluding steroid dienone is 18. The molecule has 0 aliphatic carbocycles. The first-order valence-corrected chi connectivity index (χ1v) is 24.1. The third-order valence-electron chi connectivity index (χ3n) is 8.77. The first-order chi connectivity index (χ1) is 29.4. The number of hydrogen-bond donors (Lipinski definition) is 1. The number of unbranched alkanes of at least 4 members (excludes halogenated alkanes) is 6. The van der Waals surface area contributed by atoms with Gasteiger partial charge in [0.2, 0.25) is 0 Å². The number of phosphoric ester groups is 1. The van der Waals surface area contributed by atoms with Crippen molar-refractivity contribution in [3.63, 3.8) is 0 Å². The number of carbonyl (C=O) groups excluding carboxylic acids is 3. The molecule has 10 nitrogen and oxygen atoms in total. The molecule has 2 atom stereocenters. The van der Waals surface area contributed by atoms with Crippen LogP contribution in [0, 0.1) is 0 Å². The average molecular weight is 871 g/mol. The zero-order chi connectivity index (χ0) is 45.1. The standard InChI is InChI=1S/C50H80NO9P/c1-6-8-10-12-14-16-18-20-21-22-23-24-25-27-29-31-33-35-37-41-50(54)60-48(46-59-61(55,56)58-44-43-51(3,4)5)45-57-49(53)42-38-40-47(52)39-36-34-32-30-28-26-19-17-15-13-11-9-7-2/h14-17,20-21,23-24,26-29,32-36,39,48H,6-13,18-19,22,25,30-31,37-38,40-46H2,1-5H3/p+1/b16-14-,17-15-,21-20-,24-23-,28-26-,29-27-,34-32-,35-33-,39-36+/t48-/m1/s1. The van der Waals surface area contributed by atoms with Crippen LogP contribution in [0.2, 0.25) is 0 Å². The summed E-state index contributed by atoms with van der Waals surface area (Å²) in [6.07, 6.45) is 51.6. The van der Waals surface area contributed by atoms with E-state index >= 15 is 0 Å². The maximum absolute atomic E-state index is 12.7. The summed E-state index contributed by atoms with van der Waals surface area (Å²) in [7, 11) is 1.29. The van der Waals surface area contributed by atoms with Gasteiger partial charge in [-0.3, -0.25) is 23.4 Å². The fourth-order valence-electron chi connectivity index (χ4n) is 5.18. The van der Waals surface area contributed by atoms with Crippen LogP contribution in [0.4, 0.5) is 0 Å². The highest BCUT2D eigenvalue weighted by Gasteiger charge is 2.27. The van der Waals surface area contributed by atoms with Gasteiger partial charge in [0.1, 0.15) is 19.8 Å². The minimum absolute atomic E-state index is 0.0221. The van der Waals surface area contributed by atoms with Crippen LogP contribution in [0.25, 0.3) is 0 Å². The van der Waals surface area contributed by atoms with Gasteiger partial charge < -0.3 is 18.9 Å². The molecule has 0 saturated heterocycles. The smallest absolute Gasteiger partial charge is 0.462 e. The lowest BCUT2D eigenvalue weighted by Crippen LogP contribution is -2.37. The molecular weight excluding hydrogens is 790 g/mol. The fourth-order valence-corrected chi connectivity index (χ4v) is 5.92. The highest BCUT2D eigenvalue weighted by atomic mass is 31.2. The molecule has 0 fully saturated rings. The molecule has 344 valence electrons. The predicted molar refractivity (Wildman–Crippen MR) is 252 cm³/mol. The molecule has 0 saturated carbocycles. The van der Waals surface area contributed by atoms with Crippen molar-refractivity contribution in [3.05, 3.63) is 109 Å². The molecule has 1 unspecified atom stereocenters. The van der Waals surface area contributed by atoms with Crippen molar-refractivity contribution in [2.75, 3.05) is 47.5 Å². The van der Waals surface area contributed by atoms with Crippen LogP contribution in [0.5, 0.6) is 0 Å². The second kappa shape index (κ2) is 40.4. The fraction of sp³-hybridized carbons (Fsp3) is 0.580. The molecule has 0 rings (SSSR count). The normalized spacial score (nSPS) is 14.5. The third-order valence-corrected chi connectivity index (χ3v) is 9.75. The van der Waals surface area contributed by atoms with Crippen LogP contribution < -0.4 is 0 Å². The van der Waals surface area contributed by atoms with Gasteiger partial charge in [0.15, 0.2) is 11.9 Å². The number of esters is 2. The van der Waals surface area contributed by atoms with E-state index in [4.69, 9.17) is 18.5 Å². The molecule has 11 heteroatoms. The van der Waals surface area contributed by atoms with E-state index in [1.165, 1.54) is 51.0 Å². The lowest BCUT2D eigenvalue weighted by Gasteiger charge is -2.24. The molecule has 0 amide bonds. The summed E-state index contributed by atoms with van der Waals surface area (Å²) >= 11 is 0. The Bertz CT molecular complexity index is 1460. The Hall–Kier alpha value is -3.66. The number of quaternary nitrogens is 1. The van der Waals surface area contributed by atoms with Crippen molar-refractivity contribution in [1.82, 2.24) is 0 Å². The molecule has 0 aromatic heterocycles. The number of ether oxygens (including phenoxy) is 2. The second-order valence-electron chi connectivity index (χ2n) is 15.8. The SMILES string of the molecule is CCCCC/C=C\C/C=C\C/C=C\C=C\C(=O)CCCC(=O)OC[C@H](COP(=O)(O)OCC[N+](C)(C)C)OC(=O)CC/C=C\C/C=C\C/C=C\C/C=C\C/C=C\CCCCC. The Morgan fingerprint density at radius 1 is 0.557 bits per heavy atom. The van der Waals surface area contributed by atoms with Crippen molar-refractivity contribution in [2.45, 2.75) is 142 Å². The molecule has 0 spiro atoms. The van der Waals surface area contributed by atoms with Crippen LogP contribution in [-0.2, 0) is 37.5 Å². The maximum Gasteiger partial charge on any atom is 0.472 e. The first kappa shape index (κ1) is 57.3. The van der Waals surface area contributed by atoms with E-state index in [0.717, 1.165) is 44.9 Å². The molecule has 0 aromatic carbocycles. The third kappa shape index (κ3) is 44.2. The summed E-state index contributed by atoms with van der Waals surface area (Å²) in [6, 6.07) is 0. The van der Waals surface area contributed by atoms with E-state index < -0.39 is 32.5 Å². The van der Waals surface area contributed by atoms with E-state index in [9.17, 15) is 23.8 Å². The van der Waals surface area contributed by atoms with E-state index in [1.54, 1.807) is 6.08 Å². The number of likely N-dealkylation sites (N-methyl/N-ethyl adjacent to an activating group) is 1. The molecule has 0 heterocycles. The van der Waals surface area contributed by atoms with Crippen molar-refractivity contribution >= 4 is 25.5 Å². The monoisotopic (exact) mass is 871 g/mol. The highest BCUT2D eigenvalue weighted by molar-refractivity contribution is 7.47. The Morgan fingerprint density at radius 2 is 1.05 bits per heavy atom. The van der Waals surface area contributed by atoms with Gasteiger partial charge in [-0.15, -0.1) is 0 Å². The summed E-state index contributed by atoms with van der Waals surface area (Å²) in [6.45, 7) is 3.97. The van der Waals surface area contributed by atoms with E-state index in [-0.39, 0.29) is 44.7 Å². The van der Waals surface area contributed by atoms with Gasteiger partial charge in [0, 0.05) is 19.3 Å². The lowest BCUT2D eigenvalue weighted by atomic mass is 10.1. The van der Waals surface area contributed by atoms with Crippen LogP contribution in [0.15, 0.2) is 109 Å². The number of phosphoric acid groups is 1. The molecule has 61 heavy (non-hydrogen) atoms. The molecular formula is C50H81NO9P+. The topological polar surface area (TPSA) is 125 Å². The van der Waals surface area contributed by atoms with Gasteiger partial charge in [0.05, 0.1) is 27.7 Å². The Balaban J connectivity index is 4.69. The summed E-state index contributed by atoms with van der Waals surface area (Å²) in [5.74, 6) is -1.27. The zero-order valence-corrected chi connectivity index (χ0v) is 39.2. The number of ketones is 1. The number of hydrogen-bond acceptors (Lipinski definition) is 8. The van der Waals surface area contributed by atoms with Gasteiger partial charge in [-0.25, -0.2) is 4.57 Å². The Kier molecular flexibility index (Phi) is 38.0. The molecule has 0 aliphatic heterocycles. The lowest BCUT2D eigenvalue weighted by molar-refractivity contribution is -0.870. The molecule has 0 bridgehead atoms. The van der Waals surface area contributed by atoms with Crippen LogP contribution in [-0.4, -0.2) is 80.7 Å². The zero-order valence-electron chi connectivity index (χ0n) is 38.3. The summed E-state index contributed by atoms with van der Waals surface area (Å²) in [4.78, 5) is 47.6. The number of rotatable bonds is 39. The molecule has 0 radical (unpaired) electrons. The van der Waals surface area contributed by atoms with Gasteiger partial charge in [-0.05, 0) is 83.1 Å². The van der Waals surface area contributed by atoms with Crippen molar-refractivity contribution in [3.8, 4) is 0 Å². The summed E-state index contributed by atoms with van der Waals surface area (Å²) in [5, 5.41) is 0. The number of nitrogens with zero attached hydrogens (tertiary/aromatic N) is 1. The maximum atomic E-state index is 12.7. The predicted octanol–water partition coefficient (Wildman–Crippen LogP) is 12.3. The van der Waals surface area contributed by atoms with Crippen LogP contribution in [0.1, 0.15) is 136 Å². The van der Waals surface area contributed by atoms with Crippen LogP contribution in [0.3, 0.4) is 0 Å². The van der Waals surface area contributed by atoms with E-state index in [2.05, 4.69) is 86.8 Å². The molecule has 1 N–H and O–H groups in total. The highest BCUT2D eigenvalue weighted by Crippen LogP contribution is 2.43. The Labute approximate surface area is 370 Å². The number of carbonyl (C=O) groups is 3. The van der Waals surface area contributed by atoms with Gasteiger partial charge in [0.25, 0.3) is 0 Å². The Morgan fingerprint density at radius 3 is 1.56 bits per heavy atom. The molecule has 0 aliphatic rings. The van der Waals surface area contributed by atoms with Gasteiger partial charge in [-0.2, -0.15) is 0 Å². The van der Waals surface area contributed by atoms with Gasteiger partial charge >= 0.3 is 19.8 Å². The van der Waals surface area contributed by atoms with Gasteiger partial charge in [-0.1, -0.05) is 143 Å². The van der Waals surface area contributed by atoms with Crippen molar-refractivity contribution < 1.29 is 46.8 Å². The van der Waals surface area contributed by atoms with Crippen molar-refractivity contribution in [1.29, 1.82) is 0 Å². The van der Waals surface area contributed by atoms with E-state index in [1.807, 2.05) is 45.4 Å². The minimum Gasteiger partial charge on any atom is -0.462 e. The summed E-state index contributed by atoms with van der Waals surface area (Å²) in [5.41, 5.74) is 0. The minimum atomic E-state index is -4.46. The van der Waals surface area contributed by atoms with E-state index in [0.29, 0.717) is 17.4 Å². The first-order valence-electron chi connectivity index (χ1n) is 22.6. The average Bonchev–Trinajstić information content (AvgIpc) is 3.21. The van der Waals surface area contributed by atoms with Crippen LogP contribution >= 0.6 is 7.82 Å². The summed E-state index contributed by atoms with van der Waals surface area (Å²) < 4.78 is 34.0. The molecule has 0 aromatic rings. The van der Waals surface area contributed by atoms with Crippen molar-refractivity contribution in [2.24, 2.45) is 0 Å². The quantitative estimate of drug-likeness (QED) is 0.0122. The largest absolute Gasteiger partial charge is 0.472 e.